The molecule has 0 rings (SSSR count). The zero-order valence-corrected chi connectivity index (χ0v) is 17.6. The quantitative estimate of drug-likeness (QED) is 0.264. The van der Waals surface area contributed by atoms with Crippen LogP contribution in [0, 0.1) is 0 Å². The molecule has 0 aliphatic carbocycles. The molecule has 0 spiro atoms. The summed E-state index contributed by atoms with van der Waals surface area (Å²) in [7, 11) is -4.50. The molecule has 128 valence electrons. The Bertz CT molecular complexity index is 259. The molecule has 0 bridgehead atoms. The number of phosphoric ester groups is 1. The van der Waals surface area contributed by atoms with Crippen molar-refractivity contribution >= 4 is 7.82 Å². The summed E-state index contributed by atoms with van der Waals surface area (Å²) in [5.41, 5.74) is 0. The van der Waals surface area contributed by atoms with Crippen LogP contribution in [0.3, 0.4) is 0 Å². The summed E-state index contributed by atoms with van der Waals surface area (Å²) in [5, 5.41) is 0. The van der Waals surface area contributed by atoms with Gasteiger partial charge in [0.25, 0.3) is 7.82 Å². The molecule has 0 heterocycles. The fourth-order valence-corrected chi connectivity index (χ4v) is 2.84. The van der Waals surface area contributed by atoms with Crippen molar-refractivity contribution in [3.8, 4) is 0 Å². The van der Waals surface area contributed by atoms with Crippen LogP contribution in [0.15, 0.2) is 0 Å². The van der Waals surface area contributed by atoms with Crippen LogP contribution < -0.4 is 34.5 Å². The Morgan fingerprint density at radius 1 is 0.773 bits per heavy atom. The first kappa shape index (κ1) is 25.4. The number of phosphoric acid groups is 1. The van der Waals surface area contributed by atoms with Crippen LogP contribution in [0.5, 0.6) is 0 Å². The average Bonchev–Trinajstić information content (AvgIpc) is 2.42. The molecule has 6 heteroatoms. The van der Waals surface area contributed by atoms with Gasteiger partial charge in [0.1, 0.15) is 0 Å². The fourth-order valence-electron chi connectivity index (χ4n) is 2.48. The van der Waals surface area contributed by atoms with Crippen molar-refractivity contribution in [2.24, 2.45) is 0 Å². The van der Waals surface area contributed by atoms with Gasteiger partial charge in [0.05, 0.1) is 6.61 Å². The Morgan fingerprint density at radius 3 is 1.41 bits per heavy atom. The molecular formula is C16H34NaO4P. The first-order chi connectivity index (χ1) is 10.1. The molecule has 0 amide bonds. The van der Waals surface area contributed by atoms with Gasteiger partial charge in [0, 0.05) is 0 Å². The van der Waals surface area contributed by atoms with Gasteiger partial charge in [-0.05, 0) is 6.42 Å². The van der Waals surface area contributed by atoms with E-state index in [9.17, 15) is 9.46 Å². The summed E-state index contributed by atoms with van der Waals surface area (Å²) >= 11 is 0. The Kier molecular flexibility index (Phi) is 21.3. The van der Waals surface area contributed by atoms with E-state index in [1.807, 2.05) is 0 Å². The molecule has 0 aliphatic rings. The molecule has 0 aromatic carbocycles. The maximum Gasteiger partial charge on any atom is 1.00 e. The van der Waals surface area contributed by atoms with Gasteiger partial charge in [-0.15, -0.1) is 0 Å². The first-order valence-electron chi connectivity index (χ1n) is 8.74. The topological polar surface area (TPSA) is 69.6 Å². The summed E-state index contributed by atoms with van der Waals surface area (Å²) in [5.74, 6) is 0. The molecule has 0 saturated heterocycles. The Hall–Kier alpha value is 1.11. The molecular weight excluding hydrogens is 310 g/mol. The van der Waals surface area contributed by atoms with Crippen molar-refractivity contribution in [1.82, 2.24) is 0 Å². The summed E-state index contributed by atoms with van der Waals surface area (Å²) in [6.07, 6.45) is 17.6. The van der Waals surface area contributed by atoms with Crippen LogP contribution in [-0.4, -0.2) is 11.5 Å². The molecule has 4 nitrogen and oxygen atoms in total. The Labute approximate surface area is 159 Å². The Morgan fingerprint density at radius 2 is 1.09 bits per heavy atom. The minimum atomic E-state index is -4.50. The van der Waals surface area contributed by atoms with Crippen LogP contribution in [0.1, 0.15) is 96.8 Å². The van der Waals surface area contributed by atoms with Gasteiger partial charge in [-0.1, -0.05) is 90.4 Å². The van der Waals surface area contributed by atoms with E-state index in [-0.39, 0.29) is 36.2 Å². The molecule has 1 N–H and O–H groups in total. The smallest absolute Gasteiger partial charge is 0.756 e. The summed E-state index contributed by atoms with van der Waals surface area (Å²) < 4.78 is 14.6. The number of rotatable bonds is 16. The van der Waals surface area contributed by atoms with E-state index in [0.717, 1.165) is 12.8 Å². The van der Waals surface area contributed by atoms with Crippen LogP contribution >= 0.6 is 7.82 Å². The van der Waals surface area contributed by atoms with Crippen molar-refractivity contribution in [2.45, 2.75) is 96.8 Å². The normalized spacial score (nSPS) is 13.6. The van der Waals surface area contributed by atoms with Crippen LogP contribution in [0.25, 0.3) is 0 Å². The molecule has 1 atom stereocenters. The van der Waals surface area contributed by atoms with Gasteiger partial charge in [0.15, 0.2) is 0 Å². The van der Waals surface area contributed by atoms with Crippen LogP contribution in [0.2, 0.25) is 0 Å². The van der Waals surface area contributed by atoms with Gasteiger partial charge >= 0.3 is 29.6 Å². The van der Waals surface area contributed by atoms with E-state index in [4.69, 9.17) is 4.89 Å². The van der Waals surface area contributed by atoms with E-state index < -0.39 is 7.82 Å². The largest absolute Gasteiger partial charge is 1.00 e. The van der Waals surface area contributed by atoms with Gasteiger partial charge in [-0.2, -0.15) is 0 Å². The van der Waals surface area contributed by atoms with E-state index >= 15 is 0 Å². The molecule has 22 heavy (non-hydrogen) atoms. The molecule has 0 fully saturated rings. The molecule has 0 aliphatic heterocycles. The SMILES string of the molecule is CCCCCCCCCCCCCCCCOP(=O)([O-])O.[Na+]. The van der Waals surface area contributed by atoms with E-state index in [0.29, 0.717) is 6.42 Å². The maximum absolute atomic E-state index is 10.3. The third-order valence-electron chi connectivity index (χ3n) is 3.75. The second kappa shape index (κ2) is 18.4. The first-order valence-corrected chi connectivity index (χ1v) is 10.2. The summed E-state index contributed by atoms with van der Waals surface area (Å²) in [6.45, 7) is 2.36. The van der Waals surface area contributed by atoms with Gasteiger partial charge in [-0.25, -0.2) is 0 Å². The van der Waals surface area contributed by atoms with E-state index in [1.54, 1.807) is 0 Å². The third kappa shape index (κ3) is 23.4. The molecule has 1 unspecified atom stereocenters. The molecule has 0 aromatic heterocycles. The summed E-state index contributed by atoms with van der Waals surface area (Å²) in [6, 6.07) is 0. The minimum Gasteiger partial charge on any atom is -0.756 e. The van der Waals surface area contributed by atoms with Gasteiger partial charge < -0.3 is 14.3 Å². The number of unbranched alkanes of at least 4 members (excludes halogenated alkanes) is 13. The van der Waals surface area contributed by atoms with E-state index in [2.05, 4.69) is 11.4 Å². The zero-order chi connectivity index (χ0) is 15.8. The predicted molar refractivity (Wildman–Crippen MR) is 86.1 cm³/mol. The van der Waals surface area contributed by atoms with Crippen molar-refractivity contribution < 1.29 is 48.4 Å². The van der Waals surface area contributed by atoms with Crippen LogP contribution in [-0.2, 0) is 9.09 Å². The minimum absolute atomic E-state index is 0. The zero-order valence-electron chi connectivity index (χ0n) is 14.7. The standard InChI is InChI=1S/C16H35O4P.Na/c1-2-3-4-5-6-7-8-9-10-11-12-13-14-15-16-20-21(17,18)19;/h2-16H2,1H3,(H2,17,18,19);/q;+1/p-1. The Balaban J connectivity index is 0. The monoisotopic (exact) mass is 344 g/mol. The molecule has 0 radical (unpaired) electrons. The average molecular weight is 344 g/mol. The summed E-state index contributed by atoms with van der Waals surface area (Å²) in [4.78, 5) is 18.7. The van der Waals surface area contributed by atoms with Crippen molar-refractivity contribution in [3.05, 3.63) is 0 Å². The predicted octanol–water partition coefficient (Wildman–Crippen LogP) is 1.95. The fraction of sp³-hybridized carbons (Fsp3) is 1.00. The molecule has 0 aromatic rings. The van der Waals surface area contributed by atoms with Gasteiger partial charge in [-0.3, -0.25) is 4.57 Å². The van der Waals surface area contributed by atoms with Crippen molar-refractivity contribution in [3.63, 3.8) is 0 Å². The second-order valence-corrected chi connectivity index (χ2v) is 7.09. The van der Waals surface area contributed by atoms with Gasteiger partial charge in [0.2, 0.25) is 0 Å². The van der Waals surface area contributed by atoms with Crippen LogP contribution in [0.4, 0.5) is 0 Å². The maximum atomic E-state index is 10.3. The van der Waals surface area contributed by atoms with Crippen molar-refractivity contribution in [2.75, 3.05) is 6.61 Å². The second-order valence-electron chi connectivity index (χ2n) is 5.90. The molecule has 0 saturated carbocycles. The number of hydrogen-bond acceptors (Lipinski definition) is 3. The number of hydrogen-bond donors (Lipinski definition) is 1. The van der Waals surface area contributed by atoms with Crippen molar-refractivity contribution in [1.29, 1.82) is 0 Å². The van der Waals surface area contributed by atoms with E-state index in [1.165, 1.54) is 70.6 Å². The third-order valence-corrected chi connectivity index (χ3v) is 4.26.